The lowest BCUT2D eigenvalue weighted by molar-refractivity contribution is -0.120. The molecule has 96 valence electrons. The number of aromatic nitrogens is 2. The van der Waals surface area contributed by atoms with Crippen molar-refractivity contribution in [2.24, 2.45) is 0 Å². The Morgan fingerprint density at radius 1 is 1.29 bits per heavy atom. The Morgan fingerprint density at radius 2 is 1.88 bits per heavy atom. The second-order valence-corrected chi connectivity index (χ2v) is 3.85. The third-order valence-corrected chi connectivity index (χ3v) is 2.02. The van der Waals surface area contributed by atoms with Crippen LogP contribution in [0.3, 0.4) is 0 Å². The monoisotopic (exact) mass is 249 g/mol. The summed E-state index contributed by atoms with van der Waals surface area (Å²) in [6, 6.07) is 0.882. The summed E-state index contributed by atoms with van der Waals surface area (Å²) in [7, 11) is 0. The van der Waals surface area contributed by atoms with E-state index in [9.17, 15) is 13.2 Å². The Labute approximate surface area is 96.6 Å². The molecule has 1 rings (SSSR count). The van der Waals surface area contributed by atoms with Gasteiger partial charge in [-0.05, 0) is 13.8 Å². The van der Waals surface area contributed by atoms with Crippen molar-refractivity contribution in [2.75, 3.05) is 22.9 Å². The van der Waals surface area contributed by atoms with E-state index >= 15 is 0 Å². The number of anilines is 3. The lowest BCUT2D eigenvalue weighted by atomic mass is 10.3. The van der Waals surface area contributed by atoms with Gasteiger partial charge in [-0.25, -0.2) is 0 Å². The van der Waals surface area contributed by atoms with Crippen molar-refractivity contribution in [3.63, 3.8) is 0 Å². The lowest BCUT2D eigenvalue weighted by Gasteiger charge is -2.28. The zero-order valence-electron chi connectivity index (χ0n) is 9.49. The van der Waals surface area contributed by atoms with Crippen molar-refractivity contribution < 1.29 is 13.2 Å². The van der Waals surface area contributed by atoms with Crippen LogP contribution in [-0.2, 0) is 0 Å². The molecule has 0 bridgehead atoms. The highest BCUT2D eigenvalue weighted by atomic mass is 19.4. The fourth-order valence-corrected chi connectivity index (χ4v) is 1.34. The minimum atomic E-state index is -4.32. The number of alkyl halides is 3. The van der Waals surface area contributed by atoms with Gasteiger partial charge in [-0.1, -0.05) is 0 Å². The zero-order chi connectivity index (χ0) is 13.2. The number of nitrogens with zero attached hydrogens (tertiary/aromatic N) is 3. The van der Waals surface area contributed by atoms with Gasteiger partial charge in [0.25, 0.3) is 0 Å². The molecular weight excluding hydrogens is 235 g/mol. The molecule has 0 atom stereocenters. The average Bonchev–Trinajstić information content (AvgIpc) is 2.10. The Morgan fingerprint density at radius 3 is 2.29 bits per heavy atom. The van der Waals surface area contributed by atoms with Crippen molar-refractivity contribution in [3.8, 4) is 0 Å². The average molecular weight is 249 g/mol. The number of rotatable bonds is 3. The molecule has 0 saturated carbocycles. The largest absolute Gasteiger partial charge is 0.405 e. The van der Waals surface area contributed by atoms with E-state index in [4.69, 9.17) is 11.5 Å². The molecule has 0 saturated heterocycles. The first-order valence-corrected chi connectivity index (χ1v) is 4.92. The molecule has 5 nitrogen and oxygen atoms in total. The van der Waals surface area contributed by atoms with E-state index < -0.39 is 12.7 Å². The predicted molar refractivity (Wildman–Crippen MR) is 59.4 cm³/mol. The molecule has 8 heteroatoms. The van der Waals surface area contributed by atoms with Gasteiger partial charge in [0.15, 0.2) is 0 Å². The van der Waals surface area contributed by atoms with E-state index in [1.165, 1.54) is 6.07 Å². The first-order valence-electron chi connectivity index (χ1n) is 4.92. The molecule has 0 unspecified atom stereocenters. The molecule has 1 heterocycles. The number of hydrogen-bond acceptors (Lipinski definition) is 5. The number of halogens is 3. The van der Waals surface area contributed by atoms with Gasteiger partial charge in [-0.15, -0.1) is 0 Å². The lowest BCUT2D eigenvalue weighted by Crippen LogP contribution is -2.39. The van der Waals surface area contributed by atoms with Gasteiger partial charge in [0, 0.05) is 12.1 Å². The topological polar surface area (TPSA) is 81.1 Å². The van der Waals surface area contributed by atoms with Gasteiger partial charge in [-0.2, -0.15) is 23.1 Å². The fourth-order valence-electron chi connectivity index (χ4n) is 1.34. The maximum atomic E-state index is 12.4. The van der Waals surface area contributed by atoms with Gasteiger partial charge >= 0.3 is 6.18 Å². The Hall–Kier alpha value is -1.73. The maximum absolute atomic E-state index is 12.4. The molecule has 4 N–H and O–H groups in total. The van der Waals surface area contributed by atoms with Gasteiger partial charge in [-0.3, -0.25) is 0 Å². The van der Waals surface area contributed by atoms with Crippen LogP contribution in [0.25, 0.3) is 0 Å². The van der Waals surface area contributed by atoms with Crippen LogP contribution in [0.4, 0.5) is 30.8 Å². The molecule has 1 aromatic rings. The van der Waals surface area contributed by atoms with Gasteiger partial charge < -0.3 is 16.4 Å². The minimum absolute atomic E-state index is 0.0420. The number of nitrogen functional groups attached to an aromatic ring is 2. The standard InChI is InChI=1S/C9H14F3N5/c1-5(2)17(4-9(10,11)12)7-3-6(13)15-8(14)16-7/h3,5H,4H2,1-2H3,(H4,13,14,15,16). The van der Waals surface area contributed by atoms with Gasteiger partial charge in [0.05, 0.1) is 0 Å². The smallest absolute Gasteiger partial charge is 0.383 e. The van der Waals surface area contributed by atoms with Crippen LogP contribution in [0.1, 0.15) is 13.8 Å². The molecule has 0 aliphatic heterocycles. The van der Waals surface area contributed by atoms with Crippen LogP contribution in [-0.4, -0.2) is 28.7 Å². The summed E-state index contributed by atoms with van der Waals surface area (Å²) in [6.45, 7) is 2.14. The van der Waals surface area contributed by atoms with E-state index in [2.05, 4.69) is 9.97 Å². The Kier molecular flexibility index (Phi) is 3.64. The second-order valence-electron chi connectivity index (χ2n) is 3.85. The van der Waals surface area contributed by atoms with Crippen LogP contribution in [0, 0.1) is 0 Å². The van der Waals surface area contributed by atoms with Crippen LogP contribution in [0.15, 0.2) is 6.07 Å². The Bertz CT molecular complexity index is 370. The highest BCUT2D eigenvalue weighted by molar-refractivity contribution is 5.51. The Balaban J connectivity index is 3.05. The second kappa shape index (κ2) is 4.64. The van der Waals surface area contributed by atoms with E-state index in [-0.39, 0.29) is 23.6 Å². The fraction of sp³-hybridized carbons (Fsp3) is 0.556. The highest BCUT2D eigenvalue weighted by Gasteiger charge is 2.32. The molecule has 0 spiro atoms. The summed E-state index contributed by atoms with van der Waals surface area (Å²) < 4.78 is 37.2. The molecule has 0 aliphatic carbocycles. The number of hydrogen-bond donors (Lipinski definition) is 2. The normalized spacial score (nSPS) is 11.9. The summed E-state index contributed by atoms with van der Waals surface area (Å²) >= 11 is 0. The molecule has 0 amide bonds. The summed E-state index contributed by atoms with van der Waals surface area (Å²) in [4.78, 5) is 8.43. The summed E-state index contributed by atoms with van der Waals surface area (Å²) in [6.07, 6.45) is -4.32. The third-order valence-electron chi connectivity index (χ3n) is 2.02. The molecule has 0 fully saturated rings. The van der Waals surface area contributed by atoms with E-state index in [0.717, 1.165) is 4.90 Å². The molecule has 17 heavy (non-hydrogen) atoms. The number of nitrogens with two attached hydrogens (primary N) is 2. The van der Waals surface area contributed by atoms with Crippen molar-refractivity contribution in [1.29, 1.82) is 0 Å². The summed E-state index contributed by atoms with van der Waals surface area (Å²) in [5.41, 5.74) is 10.8. The van der Waals surface area contributed by atoms with Crippen LogP contribution < -0.4 is 16.4 Å². The minimum Gasteiger partial charge on any atom is -0.383 e. The van der Waals surface area contributed by atoms with Gasteiger partial charge in [0.1, 0.15) is 18.2 Å². The maximum Gasteiger partial charge on any atom is 0.405 e. The quantitative estimate of drug-likeness (QED) is 0.846. The molecular formula is C9H14F3N5. The highest BCUT2D eigenvalue weighted by Crippen LogP contribution is 2.24. The van der Waals surface area contributed by atoms with E-state index in [1.807, 2.05) is 0 Å². The van der Waals surface area contributed by atoms with Crippen LogP contribution in [0.5, 0.6) is 0 Å². The van der Waals surface area contributed by atoms with Gasteiger partial charge in [0.2, 0.25) is 5.95 Å². The van der Waals surface area contributed by atoms with E-state index in [0.29, 0.717) is 0 Å². The third kappa shape index (κ3) is 3.97. The molecule has 0 aliphatic rings. The predicted octanol–water partition coefficient (Wildman–Crippen LogP) is 1.42. The van der Waals surface area contributed by atoms with Crippen molar-refractivity contribution in [1.82, 2.24) is 9.97 Å². The van der Waals surface area contributed by atoms with Crippen LogP contribution in [0.2, 0.25) is 0 Å². The first-order chi connectivity index (χ1) is 7.69. The summed E-state index contributed by atoms with van der Waals surface area (Å²) in [5, 5.41) is 0. The molecule has 1 aromatic heterocycles. The molecule has 0 aromatic carbocycles. The first kappa shape index (κ1) is 13.3. The molecule has 0 radical (unpaired) electrons. The SMILES string of the molecule is CC(C)N(CC(F)(F)F)c1cc(N)nc(N)n1. The van der Waals surface area contributed by atoms with Crippen LogP contribution >= 0.6 is 0 Å². The van der Waals surface area contributed by atoms with Crippen molar-refractivity contribution in [3.05, 3.63) is 6.07 Å². The van der Waals surface area contributed by atoms with E-state index in [1.54, 1.807) is 13.8 Å². The zero-order valence-corrected chi connectivity index (χ0v) is 9.49. The summed E-state index contributed by atoms with van der Waals surface area (Å²) in [5.74, 6) is -0.0320. The van der Waals surface area contributed by atoms with Crippen molar-refractivity contribution >= 4 is 17.6 Å². The van der Waals surface area contributed by atoms with Crippen molar-refractivity contribution in [2.45, 2.75) is 26.1 Å².